The topological polar surface area (TPSA) is 67.6 Å². The highest BCUT2D eigenvalue weighted by atomic mass is 79.9. The highest BCUT2D eigenvalue weighted by Crippen LogP contribution is 2.28. The van der Waals surface area contributed by atoms with Crippen molar-refractivity contribution in [2.24, 2.45) is 0 Å². The number of anilines is 1. The number of amides is 1. The van der Waals surface area contributed by atoms with Gasteiger partial charge in [-0.15, -0.1) is 0 Å². The van der Waals surface area contributed by atoms with E-state index < -0.39 is 0 Å². The van der Waals surface area contributed by atoms with Crippen molar-refractivity contribution < 1.29 is 13.9 Å². The van der Waals surface area contributed by atoms with Crippen LogP contribution >= 0.6 is 15.9 Å². The second-order valence-corrected chi connectivity index (χ2v) is 7.36. The molecule has 1 atom stereocenters. The molecule has 0 spiro atoms. The molecular weight excluding hydrogens is 410 g/mol. The zero-order valence-corrected chi connectivity index (χ0v) is 16.5. The molecule has 140 valence electrons. The van der Waals surface area contributed by atoms with Crippen molar-refractivity contribution in [3.63, 3.8) is 0 Å². The summed E-state index contributed by atoms with van der Waals surface area (Å²) in [6.45, 7) is 1.40. The monoisotopic (exact) mass is 429 g/mol. The molecule has 0 bridgehead atoms. The molecule has 1 N–H and O–H groups in total. The number of nitrogens with zero attached hydrogens (tertiary/aromatic N) is 2. The maximum Gasteiger partial charge on any atom is 0.298 e. The van der Waals surface area contributed by atoms with E-state index >= 15 is 0 Å². The zero-order valence-electron chi connectivity index (χ0n) is 14.9. The highest BCUT2D eigenvalue weighted by molar-refractivity contribution is 9.10. The Bertz CT molecular complexity index is 939. The predicted molar refractivity (Wildman–Crippen MR) is 107 cm³/mol. The van der Waals surface area contributed by atoms with Gasteiger partial charge < -0.3 is 19.4 Å². The second kappa shape index (κ2) is 7.60. The molecule has 27 heavy (non-hydrogen) atoms. The van der Waals surface area contributed by atoms with E-state index in [1.54, 1.807) is 13.2 Å². The van der Waals surface area contributed by atoms with E-state index in [0.29, 0.717) is 23.9 Å². The molecule has 0 saturated carbocycles. The van der Waals surface area contributed by atoms with Gasteiger partial charge in [-0.05, 0) is 59.1 Å². The lowest BCUT2D eigenvalue weighted by Crippen LogP contribution is -2.40. The van der Waals surface area contributed by atoms with Crippen molar-refractivity contribution in [3.05, 3.63) is 52.5 Å². The van der Waals surface area contributed by atoms with E-state index in [2.05, 4.69) is 31.1 Å². The van der Waals surface area contributed by atoms with Gasteiger partial charge in [-0.1, -0.05) is 12.1 Å². The third kappa shape index (κ3) is 3.64. The van der Waals surface area contributed by atoms with Gasteiger partial charge >= 0.3 is 0 Å². The van der Waals surface area contributed by atoms with Gasteiger partial charge in [0.1, 0.15) is 11.3 Å². The molecule has 0 radical (unpaired) electrons. The first-order chi connectivity index (χ1) is 13.2. The van der Waals surface area contributed by atoms with E-state index in [1.165, 1.54) is 0 Å². The number of oxazole rings is 1. The maximum absolute atomic E-state index is 12.6. The number of nitrogens with one attached hydrogen (secondary N) is 1. The molecular formula is C20H20BrN3O3. The fourth-order valence-corrected chi connectivity index (χ4v) is 3.82. The van der Waals surface area contributed by atoms with E-state index in [4.69, 9.17) is 9.15 Å². The normalized spacial score (nSPS) is 16.7. The van der Waals surface area contributed by atoms with Crippen LogP contribution < -0.4 is 15.0 Å². The minimum atomic E-state index is -0.134. The number of hydrogen-bond acceptors (Lipinski definition) is 5. The molecule has 1 amide bonds. The molecule has 3 aromatic rings. The summed E-state index contributed by atoms with van der Waals surface area (Å²) in [5.41, 5.74) is 2.19. The lowest BCUT2D eigenvalue weighted by atomic mass is 10.2. The Hall–Kier alpha value is -2.54. The van der Waals surface area contributed by atoms with Crippen LogP contribution in [0.1, 0.15) is 23.2 Å². The van der Waals surface area contributed by atoms with Gasteiger partial charge in [-0.3, -0.25) is 4.79 Å². The fourth-order valence-electron chi connectivity index (χ4n) is 3.39. The number of hydrogen-bond donors (Lipinski definition) is 1. The first-order valence-electron chi connectivity index (χ1n) is 8.89. The van der Waals surface area contributed by atoms with Crippen LogP contribution in [0.25, 0.3) is 11.1 Å². The summed E-state index contributed by atoms with van der Waals surface area (Å²) < 4.78 is 11.9. The maximum atomic E-state index is 12.6. The number of methoxy groups -OCH3 is 1. The van der Waals surface area contributed by atoms with E-state index in [-0.39, 0.29) is 11.9 Å². The molecule has 0 aliphatic carbocycles. The Balaban J connectivity index is 1.46. The molecule has 2 aromatic carbocycles. The van der Waals surface area contributed by atoms with Crippen molar-refractivity contribution in [1.29, 1.82) is 0 Å². The summed E-state index contributed by atoms with van der Waals surface area (Å²) in [5.74, 6) is 0.516. The van der Waals surface area contributed by atoms with Crippen molar-refractivity contribution in [3.8, 4) is 5.75 Å². The van der Waals surface area contributed by atoms with E-state index in [0.717, 1.165) is 35.0 Å². The molecule has 2 heterocycles. The minimum Gasteiger partial charge on any atom is -0.497 e. The number of carbonyl (C=O) groups excluding carboxylic acids is 1. The van der Waals surface area contributed by atoms with E-state index in [1.807, 2.05) is 36.4 Å². The standard InChI is InChI=1S/C20H20BrN3O3/c1-26-14-8-9-16(21)15(11-14)19(25)22-12-13-5-4-10-24(13)20-23-17-6-2-3-7-18(17)27-20/h2-3,6-9,11,13H,4-5,10,12H2,1H3,(H,22,25). The molecule has 4 rings (SSSR count). The van der Waals surface area contributed by atoms with Gasteiger partial charge in [0.25, 0.3) is 11.9 Å². The van der Waals surface area contributed by atoms with Crippen LogP contribution in [0.5, 0.6) is 5.75 Å². The molecule has 1 aromatic heterocycles. The van der Waals surface area contributed by atoms with Gasteiger partial charge in [-0.25, -0.2) is 0 Å². The first-order valence-corrected chi connectivity index (χ1v) is 9.69. The minimum absolute atomic E-state index is 0.134. The Kier molecular flexibility index (Phi) is 5.03. The molecule has 6 nitrogen and oxygen atoms in total. The van der Waals surface area contributed by atoms with Gasteiger partial charge in [0.05, 0.1) is 18.7 Å². The van der Waals surface area contributed by atoms with Crippen LogP contribution in [0, 0.1) is 0 Å². The van der Waals surface area contributed by atoms with Crippen molar-refractivity contribution in [2.45, 2.75) is 18.9 Å². The Morgan fingerprint density at radius 3 is 3.04 bits per heavy atom. The van der Waals surface area contributed by atoms with Crippen molar-refractivity contribution >= 4 is 39.0 Å². The third-order valence-corrected chi connectivity index (χ3v) is 5.51. The SMILES string of the molecule is COc1ccc(Br)c(C(=O)NCC2CCCN2c2nc3ccccc3o2)c1. The molecule has 1 saturated heterocycles. The summed E-state index contributed by atoms with van der Waals surface area (Å²) in [6, 6.07) is 13.9. The summed E-state index contributed by atoms with van der Waals surface area (Å²) in [4.78, 5) is 19.3. The summed E-state index contributed by atoms with van der Waals surface area (Å²) in [5, 5.41) is 3.03. The Morgan fingerprint density at radius 1 is 1.37 bits per heavy atom. The van der Waals surface area contributed by atoms with Gasteiger partial charge in [0.15, 0.2) is 5.58 Å². The van der Waals surface area contributed by atoms with Crippen molar-refractivity contribution in [1.82, 2.24) is 10.3 Å². The largest absolute Gasteiger partial charge is 0.497 e. The van der Waals surface area contributed by atoms with Crippen LogP contribution in [0.3, 0.4) is 0 Å². The van der Waals surface area contributed by atoms with Gasteiger partial charge in [-0.2, -0.15) is 4.98 Å². The molecule has 7 heteroatoms. The van der Waals surface area contributed by atoms with Gasteiger partial charge in [0, 0.05) is 17.6 Å². The van der Waals surface area contributed by atoms with E-state index in [9.17, 15) is 4.79 Å². The number of ether oxygens (including phenoxy) is 1. The highest BCUT2D eigenvalue weighted by Gasteiger charge is 2.29. The molecule has 1 aliphatic heterocycles. The smallest absolute Gasteiger partial charge is 0.298 e. The zero-order chi connectivity index (χ0) is 18.8. The second-order valence-electron chi connectivity index (χ2n) is 6.51. The van der Waals surface area contributed by atoms with Crippen LogP contribution in [-0.2, 0) is 0 Å². The van der Waals surface area contributed by atoms with Crippen LogP contribution in [0.2, 0.25) is 0 Å². The molecule has 1 unspecified atom stereocenters. The average molecular weight is 430 g/mol. The Morgan fingerprint density at radius 2 is 2.22 bits per heavy atom. The predicted octanol–water partition coefficient (Wildman–Crippen LogP) is 4.00. The van der Waals surface area contributed by atoms with Crippen LogP contribution in [0.4, 0.5) is 6.01 Å². The summed E-state index contributed by atoms with van der Waals surface area (Å²) >= 11 is 3.43. The lowest BCUT2D eigenvalue weighted by molar-refractivity contribution is 0.0950. The fraction of sp³-hybridized carbons (Fsp3) is 0.300. The third-order valence-electron chi connectivity index (χ3n) is 4.82. The number of halogens is 1. The summed E-state index contributed by atoms with van der Waals surface area (Å²) in [7, 11) is 1.58. The van der Waals surface area contributed by atoms with Crippen LogP contribution in [0.15, 0.2) is 51.4 Å². The quantitative estimate of drug-likeness (QED) is 0.663. The number of para-hydroxylation sites is 2. The number of benzene rings is 2. The van der Waals surface area contributed by atoms with Crippen LogP contribution in [-0.4, -0.2) is 37.1 Å². The summed E-state index contributed by atoms with van der Waals surface area (Å²) in [6.07, 6.45) is 2.03. The van der Waals surface area contributed by atoms with Gasteiger partial charge in [0.2, 0.25) is 0 Å². The molecule has 1 aliphatic rings. The number of fused-ring (bicyclic) bond motifs is 1. The number of rotatable bonds is 5. The first kappa shape index (κ1) is 17.9. The number of aromatic nitrogens is 1. The Labute approximate surface area is 165 Å². The number of carbonyl (C=O) groups is 1. The average Bonchev–Trinajstić information content (AvgIpc) is 3.32. The van der Waals surface area contributed by atoms with Crippen molar-refractivity contribution in [2.75, 3.05) is 25.1 Å². The molecule has 1 fully saturated rings. The lowest BCUT2D eigenvalue weighted by Gasteiger charge is -2.23.